The van der Waals surface area contributed by atoms with Crippen molar-refractivity contribution in [2.24, 2.45) is 4.99 Å². The van der Waals surface area contributed by atoms with Gasteiger partial charge in [-0.15, -0.1) is 0 Å². The zero-order chi connectivity index (χ0) is 12.4. The maximum Gasteiger partial charge on any atom is 0.227 e. The number of fused-ring (bicyclic) bond motifs is 1. The fraction of sp³-hybridized carbons (Fsp3) is 0. The van der Waals surface area contributed by atoms with Crippen molar-refractivity contribution in [2.75, 3.05) is 0 Å². The van der Waals surface area contributed by atoms with Crippen LogP contribution in [0.2, 0.25) is 0 Å². The van der Waals surface area contributed by atoms with Crippen LogP contribution in [0.3, 0.4) is 0 Å². The quantitative estimate of drug-likeness (QED) is 0.673. The first-order valence-corrected chi connectivity index (χ1v) is 5.60. The Morgan fingerprint density at radius 1 is 1.06 bits per heavy atom. The molecule has 88 valence electrons. The van der Waals surface area contributed by atoms with Crippen LogP contribution in [0, 0.1) is 0 Å². The molecule has 0 aliphatic rings. The first-order chi connectivity index (χ1) is 8.83. The molecule has 0 amide bonds. The molecule has 2 N–H and O–H groups in total. The number of aliphatic imine (C=N–C) groups is 1. The van der Waals surface area contributed by atoms with Gasteiger partial charge in [0.1, 0.15) is 5.75 Å². The van der Waals surface area contributed by atoms with E-state index in [1.165, 1.54) is 0 Å². The molecule has 18 heavy (non-hydrogen) atoms. The lowest BCUT2D eigenvalue weighted by atomic mass is 10.2. The first kappa shape index (κ1) is 10.5. The molecule has 0 radical (unpaired) electrons. The topological polar surface area (TPSA) is 61.3 Å². The van der Waals surface area contributed by atoms with E-state index in [0.717, 1.165) is 11.0 Å². The predicted octanol–water partition coefficient (Wildman–Crippen LogP) is 3.02. The highest BCUT2D eigenvalue weighted by Gasteiger charge is 2.00. The summed E-state index contributed by atoms with van der Waals surface area (Å²) in [5.41, 5.74) is 2.49. The van der Waals surface area contributed by atoms with Crippen molar-refractivity contribution in [3.8, 4) is 5.75 Å². The number of aromatic hydroxyl groups is 1. The van der Waals surface area contributed by atoms with Crippen LogP contribution in [0.4, 0.5) is 5.95 Å². The minimum Gasteiger partial charge on any atom is -0.507 e. The molecule has 3 rings (SSSR count). The molecule has 1 heterocycles. The summed E-state index contributed by atoms with van der Waals surface area (Å²) in [4.78, 5) is 11.6. The number of imidazole rings is 1. The maximum atomic E-state index is 9.61. The van der Waals surface area contributed by atoms with E-state index in [1.807, 2.05) is 30.3 Å². The zero-order valence-corrected chi connectivity index (χ0v) is 9.54. The van der Waals surface area contributed by atoms with Gasteiger partial charge in [0, 0.05) is 11.8 Å². The van der Waals surface area contributed by atoms with E-state index in [1.54, 1.807) is 24.4 Å². The van der Waals surface area contributed by atoms with E-state index in [0.29, 0.717) is 11.5 Å². The van der Waals surface area contributed by atoms with Crippen LogP contribution >= 0.6 is 0 Å². The lowest BCUT2D eigenvalue weighted by molar-refractivity contribution is 0.474. The molecule has 0 aliphatic carbocycles. The van der Waals surface area contributed by atoms with E-state index >= 15 is 0 Å². The van der Waals surface area contributed by atoms with Crippen molar-refractivity contribution in [1.82, 2.24) is 9.97 Å². The van der Waals surface area contributed by atoms with Gasteiger partial charge < -0.3 is 10.1 Å². The number of H-pyrrole nitrogens is 1. The van der Waals surface area contributed by atoms with Crippen LogP contribution in [0.25, 0.3) is 11.0 Å². The largest absolute Gasteiger partial charge is 0.507 e. The minimum absolute atomic E-state index is 0.206. The molecule has 0 aliphatic heterocycles. The molecular formula is C14H11N3O. The van der Waals surface area contributed by atoms with Crippen molar-refractivity contribution in [2.45, 2.75) is 0 Å². The van der Waals surface area contributed by atoms with Crippen LogP contribution < -0.4 is 0 Å². The third kappa shape index (κ3) is 1.96. The fourth-order valence-electron chi connectivity index (χ4n) is 1.73. The Bertz CT molecular complexity index is 683. The van der Waals surface area contributed by atoms with E-state index in [2.05, 4.69) is 15.0 Å². The van der Waals surface area contributed by atoms with Gasteiger partial charge in [0.15, 0.2) is 0 Å². The summed E-state index contributed by atoms with van der Waals surface area (Å²) in [7, 11) is 0. The molecule has 0 unspecified atom stereocenters. The Morgan fingerprint density at radius 3 is 2.67 bits per heavy atom. The average Bonchev–Trinajstić information content (AvgIpc) is 2.80. The second-order valence-corrected chi connectivity index (χ2v) is 3.89. The molecule has 0 saturated carbocycles. The first-order valence-electron chi connectivity index (χ1n) is 5.60. The number of phenols is 1. The second kappa shape index (κ2) is 4.33. The van der Waals surface area contributed by atoms with Crippen LogP contribution in [0.1, 0.15) is 5.56 Å². The van der Waals surface area contributed by atoms with E-state index in [4.69, 9.17) is 0 Å². The van der Waals surface area contributed by atoms with Crippen molar-refractivity contribution >= 4 is 23.2 Å². The Hall–Kier alpha value is -2.62. The van der Waals surface area contributed by atoms with Gasteiger partial charge in [-0.25, -0.2) is 9.98 Å². The SMILES string of the molecule is Oc1ccccc1C=Nc1nc2ccccc2[nH]1. The summed E-state index contributed by atoms with van der Waals surface area (Å²) in [6.45, 7) is 0. The normalized spacial score (nSPS) is 11.3. The number of hydrogen-bond donors (Lipinski definition) is 2. The summed E-state index contributed by atoms with van der Waals surface area (Å²) in [5, 5.41) is 9.61. The third-order valence-electron chi connectivity index (χ3n) is 2.64. The Balaban J connectivity index is 1.95. The van der Waals surface area contributed by atoms with Gasteiger partial charge in [-0.2, -0.15) is 0 Å². The number of para-hydroxylation sites is 3. The summed E-state index contributed by atoms with van der Waals surface area (Å²) in [5.74, 6) is 0.733. The number of hydrogen-bond acceptors (Lipinski definition) is 3. The highest BCUT2D eigenvalue weighted by molar-refractivity contribution is 5.85. The smallest absolute Gasteiger partial charge is 0.227 e. The molecule has 3 aromatic rings. The number of aromatic nitrogens is 2. The predicted molar refractivity (Wildman–Crippen MR) is 71.5 cm³/mol. The van der Waals surface area contributed by atoms with Gasteiger partial charge in [-0.3, -0.25) is 0 Å². The molecular weight excluding hydrogens is 226 g/mol. The monoisotopic (exact) mass is 237 g/mol. The van der Waals surface area contributed by atoms with Gasteiger partial charge in [-0.1, -0.05) is 24.3 Å². The number of rotatable bonds is 2. The van der Waals surface area contributed by atoms with Crippen LogP contribution in [-0.4, -0.2) is 21.3 Å². The number of nitrogens with one attached hydrogen (secondary N) is 1. The molecule has 1 aromatic heterocycles. The molecule has 4 heteroatoms. The number of aromatic amines is 1. The van der Waals surface area contributed by atoms with Crippen LogP contribution in [-0.2, 0) is 0 Å². The van der Waals surface area contributed by atoms with E-state index in [9.17, 15) is 5.11 Å². The Morgan fingerprint density at radius 2 is 1.83 bits per heavy atom. The third-order valence-corrected chi connectivity index (χ3v) is 2.64. The molecule has 4 nitrogen and oxygen atoms in total. The molecule has 0 saturated heterocycles. The lowest BCUT2D eigenvalue weighted by Crippen LogP contribution is -1.81. The van der Waals surface area contributed by atoms with Crippen molar-refractivity contribution in [3.05, 3.63) is 54.1 Å². The van der Waals surface area contributed by atoms with Gasteiger partial charge in [0.2, 0.25) is 5.95 Å². The van der Waals surface area contributed by atoms with Crippen molar-refractivity contribution in [1.29, 1.82) is 0 Å². The summed E-state index contributed by atoms with van der Waals surface area (Å²) >= 11 is 0. The molecule has 2 aromatic carbocycles. The van der Waals surface area contributed by atoms with Crippen molar-refractivity contribution < 1.29 is 5.11 Å². The number of nitrogens with zero attached hydrogens (tertiary/aromatic N) is 2. The van der Waals surface area contributed by atoms with Gasteiger partial charge in [-0.05, 0) is 24.3 Å². The maximum absolute atomic E-state index is 9.61. The van der Waals surface area contributed by atoms with Gasteiger partial charge in [0.05, 0.1) is 11.0 Å². The van der Waals surface area contributed by atoms with Crippen LogP contribution in [0.15, 0.2) is 53.5 Å². The molecule has 0 atom stereocenters. The lowest BCUT2D eigenvalue weighted by Gasteiger charge is -1.95. The minimum atomic E-state index is 0.206. The van der Waals surface area contributed by atoms with E-state index in [-0.39, 0.29) is 5.75 Å². The number of benzene rings is 2. The summed E-state index contributed by atoms with van der Waals surface area (Å²) in [6.07, 6.45) is 1.59. The Labute approximate surface area is 104 Å². The zero-order valence-electron chi connectivity index (χ0n) is 9.54. The Kier molecular flexibility index (Phi) is 2.53. The second-order valence-electron chi connectivity index (χ2n) is 3.89. The highest BCUT2D eigenvalue weighted by Crippen LogP contribution is 2.17. The molecule has 0 bridgehead atoms. The standard InChI is InChI=1S/C14H11N3O/c18-13-8-4-1-5-10(13)9-15-14-16-11-6-2-3-7-12(11)17-14/h1-9,18H,(H,16,17). The van der Waals surface area contributed by atoms with Gasteiger partial charge in [0.25, 0.3) is 0 Å². The summed E-state index contributed by atoms with van der Waals surface area (Å²) < 4.78 is 0. The molecule has 0 spiro atoms. The van der Waals surface area contributed by atoms with Crippen LogP contribution in [0.5, 0.6) is 5.75 Å². The van der Waals surface area contributed by atoms with Gasteiger partial charge >= 0.3 is 0 Å². The highest BCUT2D eigenvalue weighted by atomic mass is 16.3. The fourth-order valence-corrected chi connectivity index (χ4v) is 1.73. The molecule has 0 fully saturated rings. The van der Waals surface area contributed by atoms with E-state index < -0.39 is 0 Å². The average molecular weight is 237 g/mol. The summed E-state index contributed by atoms with van der Waals surface area (Å²) in [6, 6.07) is 14.8. The van der Waals surface area contributed by atoms with Crippen molar-refractivity contribution in [3.63, 3.8) is 0 Å². The number of phenolic OH excluding ortho intramolecular Hbond substituents is 1.